The molecule has 0 radical (unpaired) electrons. The fourth-order valence-electron chi connectivity index (χ4n) is 1.19. The van der Waals surface area contributed by atoms with Gasteiger partial charge in [-0.05, 0) is 0 Å². The van der Waals surface area contributed by atoms with Crippen molar-refractivity contribution in [2.45, 2.75) is 20.8 Å². The topological polar surface area (TPSA) is 103 Å². The molecule has 0 atom stereocenters. The summed E-state index contributed by atoms with van der Waals surface area (Å²) < 4.78 is 13.3. The molecule has 1 rings (SSSR count). The fourth-order valence-corrected chi connectivity index (χ4v) is 1.19. The first-order chi connectivity index (χ1) is 8.91. The van der Waals surface area contributed by atoms with Gasteiger partial charge in [0.2, 0.25) is 0 Å². The van der Waals surface area contributed by atoms with E-state index in [1.807, 2.05) is 0 Å². The molecule has 20 heavy (non-hydrogen) atoms. The van der Waals surface area contributed by atoms with Crippen LogP contribution < -0.4 is 40.2 Å². The monoisotopic (exact) mass is 298 g/mol. The maximum atomic E-state index is 10.4. The largest absolute Gasteiger partial charge is 1.00 e. The molecule has 0 aliphatic carbocycles. The van der Waals surface area contributed by atoms with Crippen LogP contribution in [0.3, 0.4) is 0 Å². The van der Waals surface area contributed by atoms with Crippen molar-refractivity contribution >= 4 is 25.2 Å². The van der Waals surface area contributed by atoms with E-state index in [0.717, 1.165) is 47.0 Å². The fraction of sp³-hybridized carbons (Fsp3) is 0.700. The molecule has 0 amide bonds. The van der Waals surface area contributed by atoms with Crippen molar-refractivity contribution in [1.82, 2.24) is 10.6 Å². The minimum absolute atomic E-state index is 0. The first kappa shape index (κ1) is 21.7. The van der Waals surface area contributed by atoms with E-state index < -0.39 is 25.2 Å². The van der Waals surface area contributed by atoms with Crippen LogP contribution in [0.4, 0.5) is 0 Å². The first-order valence-electron chi connectivity index (χ1n) is 6.00. The zero-order valence-corrected chi connectivity index (χ0v) is 14.5. The maximum absolute atomic E-state index is 10.4. The second-order valence-corrected chi connectivity index (χ2v) is 3.76. The Kier molecular flexibility index (Phi) is 14.5. The Hall–Kier alpha value is -0.605. The molecular formula is C10H20BN2NaO6. The summed E-state index contributed by atoms with van der Waals surface area (Å²) >= 11 is 0. The quantitative estimate of drug-likeness (QED) is 0.503. The third kappa shape index (κ3) is 15.5. The number of carbonyl (C=O) groups excluding carboxylic acids is 3. The van der Waals surface area contributed by atoms with Gasteiger partial charge in [0, 0.05) is 47.0 Å². The molecule has 0 aromatic carbocycles. The number of carbonyl (C=O) groups is 3. The predicted octanol–water partition coefficient (Wildman–Crippen LogP) is -4.42. The van der Waals surface area contributed by atoms with Gasteiger partial charge in [0.25, 0.3) is 17.9 Å². The van der Waals surface area contributed by atoms with Crippen molar-refractivity contribution in [2.24, 2.45) is 0 Å². The Morgan fingerprint density at radius 3 is 1.15 bits per heavy atom. The number of hydrogen-bond acceptors (Lipinski definition) is 8. The van der Waals surface area contributed by atoms with Gasteiger partial charge in [-0.15, -0.1) is 0 Å². The summed E-state index contributed by atoms with van der Waals surface area (Å²) in [7, 11) is -2.41. The Morgan fingerprint density at radius 2 is 1.00 bits per heavy atom. The number of rotatable bonds is 3. The first-order valence-corrected chi connectivity index (χ1v) is 6.00. The van der Waals surface area contributed by atoms with Gasteiger partial charge in [-0.25, -0.2) is 0 Å². The van der Waals surface area contributed by atoms with Gasteiger partial charge >= 0.3 is 36.9 Å². The average molecular weight is 298 g/mol. The molecule has 1 heterocycles. The van der Waals surface area contributed by atoms with Crippen LogP contribution >= 0.6 is 0 Å². The molecule has 1 saturated heterocycles. The summed E-state index contributed by atoms with van der Waals surface area (Å²) in [5, 5.41) is 6.44. The van der Waals surface area contributed by atoms with E-state index in [0.29, 0.717) is 0 Å². The van der Waals surface area contributed by atoms with Crippen molar-refractivity contribution < 1.29 is 57.9 Å². The zero-order valence-electron chi connectivity index (χ0n) is 12.5. The second kappa shape index (κ2) is 13.4. The van der Waals surface area contributed by atoms with Crippen LogP contribution in [0.2, 0.25) is 0 Å². The van der Waals surface area contributed by atoms with Crippen LogP contribution in [0.5, 0.6) is 0 Å². The van der Waals surface area contributed by atoms with Gasteiger partial charge in [0.15, 0.2) is 0 Å². The van der Waals surface area contributed by atoms with Gasteiger partial charge in [0.1, 0.15) is 0 Å². The van der Waals surface area contributed by atoms with Gasteiger partial charge in [-0.2, -0.15) is 0 Å². The molecule has 10 heteroatoms. The van der Waals surface area contributed by atoms with Gasteiger partial charge in [0.05, 0.1) is 0 Å². The van der Waals surface area contributed by atoms with E-state index in [4.69, 9.17) is 0 Å². The minimum Gasteiger partial charge on any atom is -0.625 e. The summed E-state index contributed by atoms with van der Waals surface area (Å²) in [5.41, 5.74) is 0. The van der Waals surface area contributed by atoms with Crippen LogP contribution in [0.15, 0.2) is 0 Å². The summed E-state index contributed by atoms with van der Waals surface area (Å²) in [6.45, 7) is 7.91. The normalized spacial score (nSPS) is 13.2. The molecule has 1 aliphatic heterocycles. The molecule has 0 saturated carbocycles. The second-order valence-electron chi connectivity index (χ2n) is 3.76. The summed E-state index contributed by atoms with van der Waals surface area (Å²) in [6.07, 6.45) is 0. The smallest absolute Gasteiger partial charge is 0.625 e. The predicted molar refractivity (Wildman–Crippen MR) is 68.2 cm³/mol. The van der Waals surface area contributed by atoms with Crippen molar-refractivity contribution in [3.05, 3.63) is 0 Å². The van der Waals surface area contributed by atoms with Crippen LogP contribution in [-0.4, -0.2) is 51.4 Å². The van der Waals surface area contributed by atoms with E-state index in [1.54, 1.807) is 0 Å². The van der Waals surface area contributed by atoms with Gasteiger partial charge < -0.3 is 24.6 Å². The molecular weight excluding hydrogens is 278 g/mol. The maximum Gasteiger partial charge on any atom is 1.00 e. The van der Waals surface area contributed by atoms with Crippen molar-refractivity contribution in [3.63, 3.8) is 0 Å². The Balaban J connectivity index is 0. The van der Waals surface area contributed by atoms with Crippen molar-refractivity contribution in [3.8, 4) is 0 Å². The molecule has 0 bridgehead atoms. The Morgan fingerprint density at radius 1 is 0.750 bits per heavy atom. The molecule has 0 aromatic heterocycles. The molecule has 2 N–H and O–H groups in total. The van der Waals surface area contributed by atoms with E-state index in [-0.39, 0.29) is 29.6 Å². The summed E-state index contributed by atoms with van der Waals surface area (Å²) in [6, 6.07) is 0. The molecule has 1 aliphatic rings. The molecule has 0 unspecified atom stereocenters. The van der Waals surface area contributed by atoms with Crippen molar-refractivity contribution in [2.75, 3.05) is 26.2 Å². The van der Waals surface area contributed by atoms with Crippen LogP contribution in [-0.2, 0) is 28.3 Å². The third-order valence-electron chi connectivity index (χ3n) is 1.92. The van der Waals surface area contributed by atoms with Crippen LogP contribution in [0.25, 0.3) is 0 Å². The van der Waals surface area contributed by atoms with E-state index in [2.05, 4.69) is 24.6 Å². The summed E-state index contributed by atoms with van der Waals surface area (Å²) in [5.74, 6) is -2.03. The van der Waals surface area contributed by atoms with Crippen molar-refractivity contribution in [1.29, 1.82) is 0 Å². The SMILES string of the molecule is C1CNCCN1.CC(=O)O[BH-](OC(C)=O)OC(C)=O.[Na+]. The van der Waals surface area contributed by atoms with E-state index >= 15 is 0 Å². The standard InChI is InChI=1S/C6H10BO6.C4H10N2.Na/c1-4(8)11-7(12-5(2)9)13-6(3)10;1-2-6-4-3-5-1;/h7H,1-3H3;5-6H,1-4H2;/q-1;;+1. The number of piperazine rings is 1. The third-order valence-corrected chi connectivity index (χ3v) is 1.92. The van der Waals surface area contributed by atoms with Gasteiger partial charge in [-0.1, -0.05) is 0 Å². The summed E-state index contributed by atoms with van der Waals surface area (Å²) in [4.78, 5) is 31.3. The van der Waals surface area contributed by atoms with Crippen LogP contribution in [0, 0.1) is 0 Å². The molecule has 1 fully saturated rings. The number of nitrogens with one attached hydrogen (secondary N) is 2. The molecule has 0 aromatic rings. The molecule has 0 spiro atoms. The van der Waals surface area contributed by atoms with E-state index in [1.165, 1.54) is 0 Å². The molecule has 8 nitrogen and oxygen atoms in total. The average Bonchev–Trinajstić information content (AvgIpc) is 2.29. The Labute approximate surface area is 140 Å². The minimum atomic E-state index is -2.41. The zero-order chi connectivity index (χ0) is 14.7. The van der Waals surface area contributed by atoms with Gasteiger partial charge in [-0.3, -0.25) is 14.4 Å². The number of hydrogen-bond donors (Lipinski definition) is 2. The van der Waals surface area contributed by atoms with E-state index in [9.17, 15) is 14.4 Å². The Bertz CT molecular complexity index is 265. The molecule has 110 valence electrons. The van der Waals surface area contributed by atoms with Crippen LogP contribution in [0.1, 0.15) is 20.8 Å².